The van der Waals surface area contributed by atoms with Crippen molar-refractivity contribution in [1.82, 2.24) is 15.3 Å². The van der Waals surface area contributed by atoms with Crippen LogP contribution in [0.3, 0.4) is 0 Å². The minimum atomic E-state index is -4.71. The summed E-state index contributed by atoms with van der Waals surface area (Å²) < 4.78 is 71.0. The Morgan fingerprint density at radius 1 is 1.10 bits per heavy atom. The van der Waals surface area contributed by atoms with Gasteiger partial charge in [0.15, 0.2) is 11.5 Å². The molecule has 3 aliphatic heterocycles. The van der Waals surface area contributed by atoms with E-state index in [1.54, 1.807) is 4.90 Å². The van der Waals surface area contributed by atoms with Crippen molar-refractivity contribution >= 4 is 5.95 Å². The SMILES string of the molecule is Fc1cccc(Oc2cc(C(F)(F)F)nc(N3CC4=C(C3)C3(CCN4)OCCO3)n2)c1. The lowest BCUT2D eigenvalue weighted by molar-refractivity contribution is -0.141. The van der Waals surface area contributed by atoms with Gasteiger partial charge in [-0.15, -0.1) is 0 Å². The maximum atomic E-state index is 13.5. The van der Waals surface area contributed by atoms with Gasteiger partial charge in [0, 0.05) is 42.9 Å². The van der Waals surface area contributed by atoms with Gasteiger partial charge < -0.3 is 24.4 Å². The molecule has 0 amide bonds. The van der Waals surface area contributed by atoms with Crippen molar-refractivity contribution in [2.75, 3.05) is 37.7 Å². The Morgan fingerprint density at radius 3 is 2.65 bits per heavy atom. The molecule has 0 saturated carbocycles. The van der Waals surface area contributed by atoms with E-state index in [1.165, 1.54) is 18.2 Å². The quantitative estimate of drug-likeness (QED) is 0.738. The van der Waals surface area contributed by atoms with E-state index in [0.29, 0.717) is 32.2 Å². The van der Waals surface area contributed by atoms with Crippen LogP contribution in [0.2, 0.25) is 0 Å². The Balaban J connectivity index is 1.46. The number of nitrogens with one attached hydrogen (secondary N) is 1. The Hall–Kier alpha value is -2.92. The van der Waals surface area contributed by atoms with Crippen LogP contribution in [0.25, 0.3) is 0 Å². The summed E-state index contributed by atoms with van der Waals surface area (Å²) in [6.45, 7) is 2.09. The van der Waals surface area contributed by atoms with Crippen LogP contribution in [0.1, 0.15) is 12.1 Å². The molecule has 7 nitrogen and oxygen atoms in total. The first-order valence-electron chi connectivity index (χ1n) is 9.71. The van der Waals surface area contributed by atoms with Crippen molar-refractivity contribution in [3.8, 4) is 11.6 Å². The zero-order chi connectivity index (χ0) is 21.6. The summed E-state index contributed by atoms with van der Waals surface area (Å²) in [6, 6.07) is 5.78. The molecule has 1 N–H and O–H groups in total. The van der Waals surface area contributed by atoms with Gasteiger partial charge in [-0.3, -0.25) is 0 Å². The fourth-order valence-electron chi connectivity index (χ4n) is 3.99. The van der Waals surface area contributed by atoms with Crippen LogP contribution in [0.15, 0.2) is 41.6 Å². The zero-order valence-corrected chi connectivity index (χ0v) is 16.2. The van der Waals surface area contributed by atoms with Gasteiger partial charge in [-0.2, -0.15) is 18.2 Å². The summed E-state index contributed by atoms with van der Waals surface area (Å²) in [5.74, 6) is -1.87. The molecule has 0 unspecified atom stereocenters. The lowest BCUT2D eigenvalue weighted by atomic mass is 9.98. The molecule has 1 fully saturated rings. The van der Waals surface area contributed by atoms with Crippen molar-refractivity contribution in [2.45, 2.75) is 18.4 Å². The fourth-order valence-corrected chi connectivity index (χ4v) is 3.99. The Labute approximate surface area is 174 Å². The number of aromatic nitrogens is 2. The third-order valence-corrected chi connectivity index (χ3v) is 5.35. The molecule has 31 heavy (non-hydrogen) atoms. The number of hydrogen-bond acceptors (Lipinski definition) is 7. The highest BCUT2D eigenvalue weighted by molar-refractivity contribution is 5.48. The van der Waals surface area contributed by atoms with Gasteiger partial charge in [0.25, 0.3) is 0 Å². The number of alkyl halides is 3. The van der Waals surface area contributed by atoms with Crippen molar-refractivity contribution in [2.24, 2.45) is 0 Å². The fraction of sp³-hybridized carbons (Fsp3) is 0.400. The van der Waals surface area contributed by atoms with E-state index in [1.807, 2.05) is 0 Å². The van der Waals surface area contributed by atoms with Crippen molar-refractivity contribution in [3.63, 3.8) is 0 Å². The number of nitrogens with zero attached hydrogens (tertiary/aromatic N) is 3. The highest BCUT2D eigenvalue weighted by Gasteiger charge is 2.47. The molecule has 1 spiro atoms. The van der Waals surface area contributed by atoms with E-state index in [2.05, 4.69) is 15.3 Å². The van der Waals surface area contributed by atoms with Crippen molar-refractivity contribution in [1.29, 1.82) is 0 Å². The normalized spacial score (nSPS) is 20.2. The summed E-state index contributed by atoms with van der Waals surface area (Å²) in [5, 5.41) is 3.26. The lowest BCUT2D eigenvalue weighted by Gasteiger charge is -2.33. The van der Waals surface area contributed by atoms with E-state index in [0.717, 1.165) is 17.3 Å². The number of fused-ring (bicyclic) bond motifs is 1. The number of anilines is 1. The summed E-state index contributed by atoms with van der Waals surface area (Å²) in [5.41, 5.74) is 0.524. The molecule has 11 heteroatoms. The predicted octanol–water partition coefficient (Wildman–Crippen LogP) is 3.24. The lowest BCUT2D eigenvalue weighted by Crippen LogP contribution is -2.42. The van der Waals surface area contributed by atoms with E-state index in [-0.39, 0.29) is 30.7 Å². The van der Waals surface area contributed by atoms with Crippen LogP contribution in [0.4, 0.5) is 23.5 Å². The van der Waals surface area contributed by atoms with Crippen LogP contribution in [-0.4, -0.2) is 48.6 Å². The molecule has 164 valence electrons. The van der Waals surface area contributed by atoms with E-state index < -0.39 is 23.5 Å². The number of rotatable bonds is 3. The summed E-state index contributed by atoms with van der Waals surface area (Å²) in [7, 11) is 0. The van der Waals surface area contributed by atoms with E-state index in [4.69, 9.17) is 14.2 Å². The molecule has 0 aliphatic carbocycles. The maximum absolute atomic E-state index is 13.5. The molecule has 1 aromatic heterocycles. The van der Waals surface area contributed by atoms with Gasteiger partial charge in [0.05, 0.1) is 19.8 Å². The van der Waals surface area contributed by atoms with Gasteiger partial charge in [-0.1, -0.05) is 6.07 Å². The molecule has 5 rings (SSSR count). The van der Waals surface area contributed by atoms with Gasteiger partial charge in [0.1, 0.15) is 11.6 Å². The second-order valence-electron chi connectivity index (χ2n) is 7.39. The van der Waals surface area contributed by atoms with Crippen LogP contribution < -0.4 is 15.0 Å². The molecule has 1 saturated heterocycles. The maximum Gasteiger partial charge on any atom is 0.433 e. The van der Waals surface area contributed by atoms with Crippen molar-refractivity contribution in [3.05, 3.63) is 53.1 Å². The third kappa shape index (κ3) is 3.79. The van der Waals surface area contributed by atoms with Gasteiger partial charge in [-0.05, 0) is 12.1 Å². The minimum absolute atomic E-state index is 0.0324. The molecule has 3 aliphatic rings. The molecule has 4 heterocycles. The van der Waals surface area contributed by atoms with Gasteiger partial charge >= 0.3 is 6.18 Å². The largest absolute Gasteiger partial charge is 0.439 e. The van der Waals surface area contributed by atoms with Gasteiger partial charge in [0.2, 0.25) is 11.8 Å². The first kappa shape index (κ1) is 20.0. The topological polar surface area (TPSA) is 68.7 Å². The van der Waals surface area contributed by atoms with Gasteiger partial charge in [-0.25, -0.2) is 9.37 Å². The van der Waals surface area contributed by atoms with Crippen LogP contribution in [0.5, 0.6) is 11.6 Å². The summed E-state index contributed by atoms with van der Waals surface area (Å²) in [6.07, 6.45) is -4.10. The Kier molecular flexibility index (Phi) is 4.74. The number of hydrogen-bond donors (Lipinski definition) is 1. The molecular formula is C20H18F4N4O3. The van der Waals surface area contributed by atoms with Crippen LogP contribution >= 0.6 is 0 Å². The second-order valence-corrected chi connectivity index (χ2v) is 7.39. The summed E-state index contributed by atoms with van der Waals surface area (Å²) >= 11 is 0. The average molecular weight is 438 g/mol. The molecular weight excluding hydrogens is 420 g/mol. The highest BCUT2D eigenvalue weighted by atomic mass is 19.4. The van der Waals surface area contributed by atoms with Crippen LogP contribution in [-0.2, 0) is 15.7 Å². The Morgan fingerprint density at radius 2 is 1.90 bits per heavy atom. The Bertz CT molecular complexity index is 1040. The van der Waals surface area contributed by atoms with E-state index in [9.17, 15) is 17.6 Å². The monoisotopic (exact) mass is 438 g/mol. The van der Waals surface area contributed by atoms with Crippen LogP contribution in [0, 0.1) is 5.82 Å². The highest BCUT2D eigenvalue weighted by Crippen LogP contribution is 2.40. The summed E-state index contributed by atoms with van der Waals surface area (Å²) in [4.78, 5) is 9.48. The third-order valence-electron chi connectivity index (χ3n) is 5.35. The number of halogens is 4. The minimum Gasteiger partial charge on any atom is -0.439 e. The standard InChI is InChI=1S/C20H18F4N4O3/c21-12-2-1-3-13(8-12)31-17-9-16(20(22,23)24)26-18(27-17)28-10-14-15(11-28)25-5-4-19(14)29-6-7-30-19/h1-3,8-9,25H,4-7,10-11H2. The molecule has 1 aromatic carbocycles. The smallest absolute Gasteiger partial charge is 0.433 e. The first-order valence-corrected chi connectivity index (χ1v) is 9.71. The number of ether oxygens (including phenoxy) is 3. The predicted molar refractivity (Wildman–Crippen MR) is 100 cm³/mol. The van der Waals surface area contributed by atoms with E-state index >= 15 is 0 Å². The molecule has 0 radical (unpaired) electrons. The average Bonchev–Trinajstić information content (AvgIpc) is 3.36. The number of benzene rings is 1. The van der Waals surface area contributed by atoms with Crippen molar-refractivity contribution < 1.29 is 31.8 Å². The molecule has 0 bridgehead atoms. The zero-order valence-electron chi connectivity index (χ0n) is 16.2. The molecule has 2 aromatic rings. The second kappa shape index (κ2) is 7.34. The molecule has 0 atom stereocenters. The first-order chi connectivity index (χ1) is 14.8.